The van der Waals surface area contributed by atoms with Gasteiger partial charge in [-0.2, -0.15) is 0 Å². The van der Waals surface area contributed by atoms with Crippen LogP contribution < -0.4 is 5.32 Å². The third-order valence-electron chi connectivity index (χ3n) is 2.17. The van der Waals surface area contributed by atoms with Crippen LogP contribution in [0.25, 0.3) is 0 Å². The summed E-state index contributed by atoms with van der Waals surface area (Å²) in [6, 6.07) is 7.03. The number of carbonyl (C=O) groups excluding carboxylic acids is 1. The zero-order chi connectivity index (χ0) is 13.7. The monoisotopic (exact) mass is 297 g/mol. The Balaban J connectivity index is 1.76. The molecule has 1 N–H and O–H groups in total. The van der Waals surface area contributed by atoms with E-state index in [1.54, 1.807) is 31.2 Å². The van der Waals surface area contributed by atoms with Gasteiger partial charge in [0, 0.05) is 29.8 Å². The molecular weight excluding hydrogens is 286 g/mol. The van der Waals surface area contributed by atoms with Crippen molar-refractivity contribution in [1.82, 2.24) is 10.2 Å². The van der Waals surface area contributed by atoms with Crippen LogP contribution in [0, 0.1) is 6.92 Å². The first-order valence-corrected chi connectivity index (χ1v) is 6.98. The molecule has 0 fully saturated rings. The topological polar surface area (TPSA) is 68.0 Å². The summed E-state index contributed by atoms with van der Waals surface area (Å²) in [4.78, 5) is 11.7. The molecule has 1 amide bonds. The normalized spacial score (nSPS) is 10.4. The fourth-order valence-electron chi connectivity index (χ4n) is 1.36. The second-order valence-corrected chi connectivity index (χ2v) is 5.23. The highest BCUT2D eigenvalue weighted by molar-refractivity contribution is 7.99. The molecule has 0 aliphatic rings. The highest BCUT2D eigenvalue weighted by Crippen LogP contribution is 2.18. The largest absolute Gasteiger partial charge is 0.416 e. The molecule has 7 heteroatoms. The van der Waals surface area contributed by atoms with Crippen LogP contribution in [0.15, 0.2) is 33.9 Å². The van der Waals surface area contributed by atoms with Crippen LogP contribution in [0.1, 0.15) is 12.3 Å². The standard InChI is InChI=1S/C12H12ClN3O2S/c1-8-15-16-12(18-8)19-6-5-11(17)14-10-4-2-3-9(13)7-10/h2-4,7H,5-6H2,1H3,(H,14,17). The van der Waals surface area contributed by atoms with Crippen molar-refractivity contribution in [3.63, 3.8) is 0 Å². The number of amides is 1. The van der Waals surface area contributed by atoms with Crippen molar-refractivity contribution in [2.75, 3.05) is 11.1 Å². The van der Waals surface area contributed by atoms with Gasteiger partial charge in [0.05, 0.1) is 0 Å². The number of aryl methyl sites for hydroxylation is 1. The number of halogens is 1. The summed E-state index contributed by atoms with van der Waals surface area (Å²) in [6.45, 7) is 1.73. The Morgan fingerprint density at radius 1 is 1.47 bits per heavy atom. The fraction of sp³-hybridized carbons (Fsp3) is 0.250. The maximum atomic E-state index is 11.7. The van der Waals surface area contributed by atoms with Crippen molar-refractivity contribution in [3.8, 4) is 0 Å². The number of nitrogens with one attached hydrogen (secondary N) is 1. The second kappa shape index (κ2) is 6.58. The molecule has 0 aliphatic heterocycles. The zero-order valence-corrected chi connectivity index (χ0v) is 11.8. The highest BCUT2D eigenvalue weighted by Gasteiger charge is 2.06. The van der Waals surface area contributed by atoms with Gasteiger partial charge < -0.3 is 9.73 Å². The van der Waals surface area contributed by atoms with E-state index >= 15 is 0 Å². The van der Waals surface area contributed by atoms with Crippen LogP contribution >= 0.6 is 23.4 Å². The summed E-state index contributed by atoms with van der Waals surface area (Å²) in [5.74, 6) is 1.02. The lowest BCUT2D eigenvalue weighted by Gasteiger charge is -2.04. The first kappa shape index (κ1) is 13.9. The Morgan fingerprint density at radius 2 is 2.32 bits per heavy atom. The van der Waals surface area contributed by atoms with Gasteiger partial charge in [0.15, 0.2) is 0 Å². The molecule has 0 saturated carbocycles. The van der Waals surface area contributed by atoms with Crippen molar-refractivity contribution in [2.24, 2.45) is 0 Å². The Hall–Kier alpha value is -1.53. The van der Waals surface area contributed by atoms with Crippen LogP contribution in [0.3, 0.4) is 0 Å². The minimum atomic E-state index is -0.0778. The number of aromatic nitrogens is 2. The van der Waals surface area contributed by atoms with E-state index in [4.69, 9.17) is 16.0 Å². The molecule has 0 saturated heterocycles. The molecule has 1 aromatic heterocycles. The minimum absolute atomic E-state index is 0.0778. The molecule has 19 heavy (non-hydrogen) atoms. The van der Waals surface area contributed by atoms with E-state index in [9.17, 15) is 4.79 Å². The van der Waals surface area contributed by atoms with Crippen LogP contribution in [0.2, 0.25) is 5.02 Å². The predicted molar refractivity (Wildman–Crippen MR) is 74.5 cm³/mol. The van der Waals surface area contributed by atoms with Gasteiger partial charge in [0.25, 0.3) is 5.22 Å². The summed E-state index contributed by atoms with van der Waals surface area (Å²) < 4.78 is 5.19. The van der Waals surface area contributed by atoms with E-state index in [0.717, 1.165) is 0 Å². The molecule has 2 rings (SSSR count). The Bertz CT molecular complexity index is 574. The molecule has 5 nitrogen and oxygen atoms in total. The Kier molecular flexibility index (Phi) is 4.81. The molecular formula is C12H12ClN3O2S. The number of anilines is 1. The predicted octanol–water partition coefficient (Wildman–Crippen LogP) is 3.15. The van der Waals surface area contributed by atoms with Crippen molar-refractivity contribution in [3.05, 3.63) is 35.2 Å². The van der Waals surface area contributed by atoms with Gasteiger partial charge in [-0.05, 0) is 18.2 Å². The number of thioether (sulfide) groups is 1. The number of nitrogens with zero attached hydrogens (tertiary/aromatic N) is 2. The number of rotatable bonds is 5. The first-order valence-electron chi connectivity index (χ1n) is 5.62. The summed E-state index contributed by atoms with van der Waals surface area (Å²) in [5.41, 5.74) is 0.691. The van der Waals surface area contributed by atoms with E-state index < -0.39 is 0 Å². The van der Waals surface area contributed by atoms with Gasteiger partial charge in [0.1, 0.15) is 0 Å². The molecule has 0 atom stereocenters. The van der Waals surface area contributed by atoms with Gasteiger partial charge in [-0.1, -0.05) is 29.4 Å². The van der Waals surface area contributed by atoms with Crippen molar-refractivity contribution in [2.45, 2.75) is 18.6 Å². The molecule has 0 spiro atoms. The van der Waals surface area contributed by atoms with Crippen LogP contribution in [0.5, 0.6) is 0 Å². The highest BCUT2D eigenvalue weighted by atomic mass is 35.5. The van der Waals surface area contributed by atoms with Crippen LogP contribution in [0.4, 0.5) is 5.69 Å². The Morgan fingerprint density at radius 3 is 3.00 bits per heavy atom. The Labute approximate surface area is 119 Å². The third-order valence-corrected chi connectivity index (χ3v) is 3.23. The summed E-state index contributed by atoms with van der Waals surface area (Å²) in [5, 5.41) is 11.4. The van der Waals surface area contributed by atoms with E-state index in [1.807, 2.05) is 0 Å². The summed E-state index contributed by atoms with van der Waals surface area (Å²) in [6.07, 6.45) is 0.360. The van der Waals surface area contributed by atoms with E-state index in [-0.39, 0.29) is 5.91 Å². The van der Waals surface area contributed by atoms with E-state index in [0.29, 0.717) is 34.0 Å². The van der Waals surface area contributed by atoms with Crippen molar-refractivity contribution < 1.29 is 9.21 Å². The molecule has 2 aromatic rings. The smallest absolute Gasteiger partial charge is 0.276 e. The zero-order valence-electron chi connectivity index (χ0n) is 10.2. The van der Waals surface area contributed by atoms with Gasteiger partial charge in [-0.15, -0.1) is 10.2 Å². The molecule has 1 aromatic carbocycles. The van der Waals surface area contributed by atoms with Gasteiger partial charge in [-0.3, -0.25) is 4.79 Å². The molecule has 100 valence electrons. The average molecular weight is 298 g/mol. The maximum absolute atomic E-state index is 11.7. The summed E-state index contributed by atoms with van der Waals surface area (Å²) in [7, 11) is 0. The first-order chi connectivity index (χ1) is 9.13. The van der Waals surface area contributed by atoms with Crippen molar-refractivity contribution in [1.29, 1.82) is 0 Å². The SMILES string of the molecule is Cc1nnc(SCCC(=O)Nc2cccc(Cl)c2)o1. The molecule has 0 radical (unpaired) electrons. The van der Waals surface area contributed by atoms with Crippen LogP contribution in [-0.2, 0) is 4.79 Å². The lowest BCUT2D eigenvalue weighted by atomic mass is 10.3. The van der Waals surface area contributed by atoms with Gasteiger partial charge in [-0.25, -0.2) is 0 Å². The van der Waals surface area contributed by atoms with Gasteiger partial charge in [0.2, 0.25) is 11.8 Å². The summed E-state index contributed by atoms with van der Waals surface area (Å²) >= 11 is 7.19. The van der Waals surface area contributed by atoms with Gasteiger partial charge >= 0.3 is 0 Å². The lowest BCUT2D eigenvalue weighted by molar-refractivity contribution is -0.115. The molecule has 0 unspecified atom stereocenters. The number of carbonyl (C=O) groups is 1. The number of hydrogen-bond donors (Lipinski definition) is 1. The number of hydrogen-bond acceptors (Lipinski definition) is 5. The quantitative estimate of drug-likeness (QED) is 0.859. The lowest BCUT2D eigenvalue weighted by Crippen LogP contribution is -2.12. The molecule has 1 heterocycles. The molecule has 0 aliphatic carbocycles. The second-order valence-electron chi connectivity index (χ2n) is 3.74. The van der Waals surface area contributed by atoms with Crippen LogP contribution in [-0.4, -0.2) is 21.9 Å². The van der Waals surface area contributed by atoms with E-state index in [2.05, 4.69) is 15.5 Å². The minimum Gasteiger partial charge on any atom is -0.416 e. The fourth-order valence-corrected chi connectivity index (χ4v) is 2.29. The number of benzene rings is 1. The third kappa shape index (κ3) is 4.57. The average Bonchev–Trinajstić information content (AvgIpc) is 2.75. The van der Waals surface area contributed by atoms with E-state index in [1.165, 1.54) is 11.8 Å². The molecule has 0 bridgehead atoms. The maximum Gasteiger partial charge on any atom is 0.276 e. The van der Waals surface area contributed by atoms with Crippen molar-refractivity contribution >= 4 is 35.0 Å².